The number of carbonyl (C=O) groups excluding carboxylic acids is 3. The van der Waals surface area contributed by atoms with Gasteiger partial charge in [-0.3, -0.25) is 14.9 Å². The first-order chi connectivity index (χ1) is 13.6. The number of nitrogens with zero attached hydrogens (tertiary/aromatic N) is 1. The zero-order chi connectivity index (χ0) is 19.7. The topological polar surface area (TPSA) is 66.5 Å². The van der Waals surface area contributed by atoms with Gasteiger partial charge >= 0.3 is 6.03 Å². The molecule has 1 heterocycles. The van der Waals surface area contributed by atoms with Crippen LogP contribution in [0, 0.1) is 5.92 Å². The van der Waals surface area contributed by atoms with Crippen LogP contribution < -0.4 is 10.2 Å². The zero-order valence-corrected chi connectivity index (χ0v) is 15.5. The second kappa shape index (κ2) is 7.27. The second-order valence-electron chi connectivity index (χ2n) is 6.88. The minimum absolute atomic E-state index is 0.239. The molecule has 1 aliphatic heterocycles. The van der Waals surface area contributed by atoms with Crippen molar-refractivity contribution in [3.63, 3.8) is 0 Å². The Hall–Kier alpha value is -3.47. The summed E-state index contributed by atoms with van der Waals surface area (Å²) in [6.45, 7) is 2.03. The largest absolute Gasteiger partial charge is 0.335 e. The third-order valence-corrected chi connectivity index (χ3v) is 5.17. The first-order valence-corrected chi connectivity index (χ1v) is 9.33. The van der Waals surface area contributed by atoms with E-state index in [-0.39, 0.29) is 6.42 Å². The van der Waals surface area contributed by atoms with Crippen LogP contribution in [0.15, 0.2) is 66.7 Å². The number of carbonyl (C=O) groups is 3. The number of benzene rings is 3. The van der Waals surface area contributed by atoms with Crippen molar-refractivity contribution in [1.29, 1.82) is 0 Å². The number of fused-ring (bicyclic) bond motifs is 1. The fourth-order valence-electron chi connectivity index (χ4n) is 3.61. The summed E-state index contributed by atoms with van der Waals surface area (Å²) in [6, 6.07) is 20.2. The molecule has 1 aliphatic rings. The molecule has 1 atom stereocenters. The zero-order valence-electron chi connectivity index (χ0n) is 15.5. The second-order valence-corrected chi connectivity index (χ2v) is 6.88. The van der Waals surface area contributed by atoms with Crippen LogP contribution >= 0.6 is 0 Å². The van der Waals surface area contributed by atoms with Crippen molar-refractivity contribution in [1.82, 2.24) is 5.32 Å². The summed E-state index contributed by atoms with van der Waals surface area (Å²) >= 11 is 0. The van der Waals surface area contributed by atoms with Gasteiger partial charge < -0.3 is 0 Å². The molecule has 0 spiro atoms. The van der Waals surface area contributed by atoms with E-state index in [2.05, 4.69) is 5.32 Å². The van der Waals surface area contributed by atoms with E-state index >= 15 is 0 Å². The van der Waals surface area contributed by atoms with Crippen LogP contribution in [-0.2, 0) is 22.4 Å². The SMILES string of the molecule is CCc1ccc(N2C(=O)NC(=O)C(Cc3cccc4ccccc34)C2=O)cc1. The van der Waals surface area contributed by atoms with E-state index in [1.807, 2.05) is 61.5 Å². The van der Waals surface area contributed by atoms with E-state index in [1.54, 1.807) is 12.1 Å². The summed E-state index contributed by atoms with van der Waals surface area (Å²) in [4.78, 5) is 39.0. The number of aryl methyl sites for hydroxylation is 1. The van der Waals surface area contributed by atoms with Crippen LogP contribution in [0.3, 0.4) is 0 Å². The minimum Gasteiger partial charge on any atom is -0.277 e. The molecule has 1 saturated heterocycles. The number of anilines is 1. The molecule has 140 valence electrons. The molecule has 4 rings (SSSR count). The third kappa shape index (κ3) is 3.16. The summed E-state index contributed by atoms with van der Waals surface area (Å²) in [5.41, 5.74) is 2.48. The minimum atomic E-state index is -0.950. The molecule has 0 bridgehead atoms. The number of nitrogens with one attached hydrogen (secondary N) is 1. The molecule has 28 heavy (non-hydrogen) atoms. The predicted molar refractivity (Wildman–Crippen MR) is 108 cm³/mol. The lowest BCUT2D eigenvalue weighted by Crippen LogP contribution is -2.58. The molecular formula is C23H20N2O3. The molecule has 1 N–H and O–H groups in total. The maximum atomic E-state index is 13.1. The number of hydrogen-bond acceptors (Lipinski definition) is 3. The van der Waals surface area contributed by atoms with Crippen molar-refractivity contribution in [2.75, 3.05) is 4.90 Å². The first-order valence-electron chi connectivity index (χ1n) is 9.33. The molecule has 0 radical (unpaired) electrons. The Morgan fingerprint density at radius 3 is 2.36 bits per heavy atom. The molecular weight excluding hydrogens is 352 g/mol. The van der Waals surface area contributed by atoms with E-state index in [9.17, 15) is 14.4 Å². The number of urea groups is 1. The predicted octanol–water partition coefficient (Wildman–Crippen LogP) is 3.84. The van der Waals surface area contributed by atoms with Crippen LogP contribution in [0.25, 0.3) is 10.8 Å². The van der Waals surface area contributed by atoms with Gasteiger partial charge in [0.25, 0.3) is 0 Å². The normalized spacial score (nSPS) is 17.1. The number of rotatable bonds is 4. The summed E-state index contributed by atoms with van der Waals surface area (Å²) in [6.07, 6.45) is 1.10. The molecule has 1 unspecified atom stereocenters. The van der Waals surface area contributed by atoms with Gasteiger partial charge in [0.1, 0.15) is 5.92 Å². The molecule has 3 aromatic rings. The fraction of sp³-hybridized carbons (Fsp3) is 0.174. The summed E-state index contributed by atoms with van der Waals surface area (Å²) in [7, 11) is 0. The van der Waals surface area contributed by atoms with E-state index < -0.39 is 23.8 Å². The van der Waals surface area contributed by atoms with Crippen molar-refractivity contribution in [2.24, 2.45) is 5.92 Å². The average Bonchev–Trinajstić information content (AvgIpc) is 2.71. The van der Waals surface area contributed by atoms with Gasteiger partial charge in [0.15, 0.2) is 0 Å². The highest BCUT2D eigenvalue weighted by atomic mass is 16.2. The first kappa shape index (κ1) is 17.9. The maximum absolute atomic E-state index is 13.1. The molecule has 5 heteroatoms. The number of barbiturate groups is 1. The quantitative estimate of drug-likeness (QED) is 0.708. The van der Waals surface area contributed by atoms with Gasteiger partial charge in [0, 0.05) is 0 Å². The summed E-state index contributed by atoms with van der Waals surface area (Å²) in [5.74, 6) is -2.00. The standard InChI is InChI=1S/C23H20N2O3/c1-2-15-10-12-18(13-11-15)25-22(27)20(21(26)24-23(25)28)14-17-8-5-7-16-6-3-4-9-19(16)17/h3-13,20H,2,14H2,1H3,(H,24,26,28). The van der Waals surface area contributed by atoms with E-state index in [0.29, 0.717) is 5.69 Å². The van der Waals surface area contributed by atoms with Crippen LogP contribution in [0.5, 0.6) is 0 Å². The third-order valence-electron chi connectivity index (χ3n) is 5.17. The van der Waals surface area contributed by atoms with Crippen molar-refractivity contribution in [3.05, 3.63) is 77.9 Å². The number of amides is 4. The number of hydrogen-bond donors (Lipinski definition) is 1. The lowest BCUT2D eigenvalue weighted by atomic mass is 9.92. The summed E-state index contributed by atoms with van der Waals surface area (Å²) in [5, 5.41) is 4.38. The Bertz CT molecular complexity index is 1070. The molecule has 1 fully saturated rings. The molecule has 0 saturated carbocycles. The lowest BCUT2D eigenvalue weighted by Gasteiger charge is -2.30. The highest BCUT2D eigenvalue weighted by Gasteiger charge is 2.41. The molecule has 0 aromatic heterocycles. The Labute approximate surface area is 163 Å². The molecule has 3 aromatic carbocycles. The van der Waals surface area contributed by atoms with Crippen molar-refractivity contribution in [2.45, 2.75) is 19.8 Å². The van der Waals surface area contributed by atoms with Gasteiger partial charge in [-0.1, -0.05) is 61.5 Å². The smallest absolute Gasteiger partial charge is 0.277 e. The van der Waals surface area contributed by atoms with Gasteiger partial charge in [-0.2, -0.15) is 0 Å². The van der Waals surface area contributed by atoms with E-state index in [4.69, 9.17) is 0 Å². The average molecular weight is 372 g/mol. The van der Waals surface area contributed by atoms with E-state index in [1.165, 1.54) is 0 Å². The maximum Gasteiger partial charge on any atom is 0.335 e. The van der Waals surface area contributed by atoms with Gasteiger partial charge in [0.2, 0.25) is 11.8 Å². The van der Waals surface area contributed by atoms with Crippen molar-refractivity contribution in [3.8, 4) is 0 Å². The monoisotopic (exact) mass is 372 g/mol. The van der Waals surface area contributed by atoms with Crippen LogP contribution in [0.1, 0.15) is 18.1 Å². The Balaban J connectivity index is 1.67. The van der Waals surface area contributed by atoms with Crippen LogP contribution in [-0.4, -0.2) is 17.8 Å². The Morgan fingerprint density at radius 1 is 0.893 bits per heavy atom. The Morgan fingerprint density at radius 2 is 1.61 bits per heavy atom. The van der Waals surface area contributed by atoms with Crippen LogP contribution in [0.2, 0.25) is 0 Å². The van der Waals surface area contributed by atoms with E-state index in [0.717, 1.165) is 33.2 Å². The Kier molecular flexibility index (Phi) is 4.65. The lowest BCUT2D eigenvalue weighted by molar-refractivity contribution is -0.134. The van der Waals surface area contributed by atoms with Gasteiger partial charge in [-0.15, -0.1) is 0 Å². The molecule has 0 aliphatic carbocycles. The van der Waals surface area contributed by atoms with Gasteiger partial charge in [-0.25, -0.2) is 9.69 Å². The van der Waals surface area contributed by atoms with Gasteiger partial charge in [0.05, 0.1) is 5.69 Å². The highest BCUT2D eigenvalue weighted by molar-refractivity contribution is 6.27. The highest BCUT2D eigenvalue weighted by Crippen LogP contribution is 2.26. The summed E-state index contributed by atoms with van der Waals surface area (Å²) < 4.78 is 0. The van der Waals surface area contributed by atoms with Crippen molar-refractivity contribution >= 4 is 34.3 Å². The van der Waals surface area contributed by atoms with Gasteiger partial charge in [-0.05, 0) is 46.9 Å². The van der Waals surface area contributed by atoms with Crippen LogP contribution in [0.4, 0.5) is 10.5 Å². The fourth-order valence-corrected chi connectivity index (χ4v) is 3.61. The molecule has 4 amide bonds. The van der Waals surface area contributed by atoms with Crippen molar-refractivity contribution < 1.29 is 14.4 Å². The molecule has 5 nitrogen and oxygen atoms in total. The number of imide groups is 2.